The lowest BCUT2D eigenvalue weighted by molar-refractivity contribution is 0.394. The summed E-state index contributed by atoms with van der Waals surface area (Å²) in [5, 5.41) is 3.70. The van der Waals surface area contributed by atoms with Crippen molar-refractivity contribution in [3.63, 3.8) is 0 Å². The zero-order valence-corrected chi connectivity index (χ0v) is 12.9. The monoisotopic (exact) mass is 260 g/mol. The van der Waals surface area contributed by atoms with Crippen LogP contribution in [0.15, 0.2) is 18.2 Å². The van der Waals surface area contributed by atoms with Crippen LogP contribution in [-0.4, -0.2) is 25.2 Å². The normalized spacial score (nSPS) is 20.1. The molecule has 0 aliphatic carbocycles. The molecular weight excluding hydrogens is 232 g/mol. The van der Waals surface area contributed by atoms with Crippen molar-refractivity contribution in [3.05, 3.63) is 29.3 Å². The molecule has 0 radical (unpaired) electrons. The van der Waals surface area contributed by atoms with E-state index in [0.29, 0.717) is 12.1 Å². The van der Waals surface area contributed by atoms with Crippen molar-refractivity contribution < 1.29 is 0 Å². The van der Waals surface area contributed by atoms with Crippen molar-refractivity contribution >= 4 is 5.69 Å². The number of nitrogens with zero attached hydrogens (tertiary/aromatic N) is 1. The SMILES string of the molecule is CCc1cccc(C)c1N1CCCC(NC(C)C)C1. The lowest BCUT2D eigenvalue weighted by Crippen LogP contribution is -2.48. The molecule has 1 fully saturated rings. The van der Waals surface area contributed by atoms with E-state index in [4.69, 9.17) is 0 Å². The summed E-state index contributed by atoms with van der Waals surface area (Å²) in [5.41, 5.74) is 4.40. The van der Waals surface area contributed by atoms with Gasteiger partial charge in [0.25, 0.3) is 0 Å². The number of hydrogen-bond donors (Lipinski definition) is 1. The molecule has 2 heteroatoms. The van der Waals surface area contributed by atoms with Crippen LogP contribution in [0.2, 0.25) is 0 Å². The van der Waals surface area contributed by atoms with E-state index in [1.807, 2.05) is 0 Å². The molecule has 1 saturated heterocycles. The number of piperidine rings is 1. The molecule has 1 aliphatic rings. The molecule has 0 spiro atoms. The summed E-state index contributed by atoms with van der Waals surface area (Å²) in [4.78, 5) is 2.59. The van der Waals surface area contributed by atoms with E-state index in [1.54, 1.807) is 0 Å². The van der Waals surface area contributed by atoms with Gasteiger partial charge >= 0.3 is 0 Å². The van der Waals surface area contributed by atoms with Crippen molar-refractivity contribution in [2.24, 2.45) is 0 Å². The van der Waals surface area contributed by atoms with Crippen molar-refractivity contribution in [1.29, 1.82) is 0 Å². The summed E-state index contributed by atoms with van der Waals surface area (Å²) >= 11 is 0. The summed E-state index contributed by atoms with van der Waals surface area (Å²) in [6.07, 6.45) is 3.72. The van der Waals surface area contributed by atoms with Crippen molar-refractivity contribution in [1.82, 2.24) is 5.32 Å². The lowest BCUT2D eigenvalue weighted by Gasteiger charge is -2.37. The predicted octanol–water partition coefficient (Wildman–Crippen LogP) is 3.52. The zero-order chi connectivity index (χ0) is 13.8. The number of para-hydroxylation sites is 1. The minimum absolute atomic E-state index is 0.576. The number of anilines is 1. The van der Waals surface area contributed by atoms with Gasteiger partial charge < -0.3 is 10.2 Å². The van der Waals surface area contributed by atoms with Gasteiger partial charge in [-0.3, -0.25) is 0 Å². The summed E-state index contributed by atoms with van der Waals surface area (Å²) in [7, 11) is 0. The zero-order valence-electron chi connectivity index (χ0n) is 12.9. The molecule has 1 aromatic carbocycles. The summed E-state index contributed by atoms with van der Waals surface area (Å²) < 4.78 is 0. The molecule has 19 heavy (non-hydrogen) atoms. The molecule has 1 aromatic rings. The van der Waals surface area contributed by atoms with Crippen LogP contribution in [0.4, 0.5) is 5.69 Å². The molecule has 1 atom stereocenters. The number of rotatable bonds is 4. The second-order valence-corrected chi connectivity index (χ2v) is 6.04. The van der Waals surface area contributed by atoms with Gasteiger partial charge in [-0.15, -0.1) is 0 Å². The number of aryl methyl sites for hydroxylation is 2. The Balaban J connectivity index is 2.17. The van der Waals surface area contributed by atoms with Crippen LogP contribution in [0.25, 0.3) is 0 Å². The number of nitrogens with one attached hydrogen (secondary N) is 1. The highest BCUT2D eigenvalue weighted by atomic mass is 15.2. The van der Waals surface area contributed by atoms with Gasteiger partial charge in [0.05, 0.1) is 0 Å². The standard InChI is InChI=1S/C17H28N2/c1-5-15-9-6-8-14(4)17(15)19-11-7-10-16(12-19)18-13(2)3/h6,8-9,13,16,18H,5,7,10-12H2,1-4H3. The lowest BCUT2D eigenvalue weighted by atomic mass is 9.99. The van der Waals surface area contributed by atoms with E-state index in [1.165, 1.54) is 36.2 Å². The third-order valence-corrected chi connectivity index (χ3v) is 4.01. The first-order valence-electron chi connectivity index (χ1n) is 7.71. The maximum atomic E-state index is 3.70. The Morgan fingerprint density at radius 3 is 2.84 bits per heavy atom. The molecular formula is C17H28N2. The molecule has 0 amide bonds. The Morgan fingerprint density at radius 1 is 1.37 bits per heavy atom. The van der Waals surface area contributed by atoms with Crippen LogP contribution in [-0.2, 0) is 6.42 Å². The van der Waals surface area contributed by atoms with Gasteiger partial charge in [0.2, 0.25) is 0 Å². The minimum Gasteiger partial charge on any atom is -0.370 e. The Labute approximate surface area is 118 Å². The van der Waals surface area contributed by atoms with E-state index < -0.39 is 0 Å². The second kappa shape index (κ2) is 6.42. The van der Waals surface area contributed by atoms with Crippen molar-refractivity contribution in [2.45, 2.75) is 59.0 Å². The second-order valence-electron chi connectivity index (χ2n) is 6.04. The van der Waals surface area contributed by atoms with E-state index >= 15 is 0 Å². The van der Waals surface area contributed by atoms with Gasteiger partial charge in [0.1, 0.15) is 0 Å². The average Bonchev–Trinajstić information content (AvgIpc) is 2.37. The first kappa shape index (κ1) is 14.4. The molecule has 0 bridgehead atoms. The van der Waals surface area contributed by atoms with Crippen molar-refractivity contribution in [2.75, 3.05) is 18.0 Å². The largest absolute Gasteiger partial charge is 0.370 e. The summed E-state index contributed by atoms with van der Waals surface area (Å²) in [6, 6.07) is 7.92. The van der Waals surface area contributed by atoms with Crippen LogP contribution in [0.3, 0.4) is 0 Å². The Kier molecular flexibility index (Phi) is 4.87. The molecule has 106 valence electrons. The minimum atomic E-state index is 0.576. The summed E-state index contributed by atoms with van der Waals surface area (Å²) in [5.74, 6) is 0. The third kappa shape index (κ3) is 3.50. The maximum Gasteiger partial charge on any atom is 0.0428 e. The molecule has 1 aliphatic heterocycles. The van der Waals surface area contributed by atoms with E-state index in [0.717, 1.165) is 13.0 Å². The average molecular weight is 260 g/mol. The molecule has 1 N–H and O–H groups in total. The van der Waals surface area contributed by atoms with Crippen molar-refractivity contribution in [3.8, 4) is 0 Å². The first-order chi connectivity index (χ1) is 9.11. The Morgan fingerprint density at radius 2 is 2.16 bits per heavy atom. The highest BCUT2D eigenvalue weighted by molar-refractivity contribution is 5.59. The van der Waals surface area contributed by atoms with Crippen LogP contribution >= 0.6 is 0 Å². The summed E-state index contributed by atoms with van der Waals surface area (Å²) in [6.45, 7) is 11.3. The third-order valence-electron chi connectivity index (χ3n) is 4.01. The van der Waals surface area contributed by atoms with Gasteiger partial charge in [-0.2, -0.15) is 0 Å². The molecule has 0 saturated carbocycles. The van der Waals surface area contributed by atoms with E-state index in [9.17, 15) is 0 Å². The first-order valence-corrected chi connectivity index (χ1v) is 7.71. The number of benzene rings is 1. The number of hydrogen-bond acceptors (Lipinski definition) is 2. The Hall–Kier alpha value is -1.02. The quantitative estimate of drug-likeness (QED) is 0.891. The van der Waals surface area contributed by atoms with E-state index in [2.05, 4.69) is 56.1 Å². The van der Waals surface area contributed by atoms with Gasteiger partial charge in [-0.05, 0) is 37.3 Å². The maximum absolute atomic E-state index is 3.70. The van der Waals surface area contributed by atoms with Gasteiger partial charge in [-0.1, -0.05) is 39.0 Å². The van der Waals surface area contributed by atoms with Crippen LogP contribution in [0.5, 0.6) is 0 Å². The fraction of sp³-hybridized carbons (Fsp3) is 0.647. The molecule has 1 unspecified atom stereocenters. The molecule has 1 heterocycles. The fourth-order valence-corrected chi connectivity index (χ4v) is 3.25. The van der Waals surface area contributed by atoms with E-state index in [-0.39, 0.29) is 0 Å². The topological polar surface area (TPSA) is 15.3 Å². The van der Waals surface area contributed by atoms with Gasteiger partial charge in [-0.25, -0.2) is 0 Å². The highest BCUT2D eigenvalue weighted by Crippen LogP contribution is 2.28. The van der Waals surface area contributed by atoms with Crippen LogP contribution < -0.4 is 10.2 Å². The smallest absolute Gasteiger partial charge is 0.0428 e. The Bertz CT molecular complexity index is 412. The predicted molar refractivity (Wildman–Crippen MR) is 84.1 cm³/mol. The molecule has 2 nitrogen and oxygen atoms in total. The van der Waals surface area contributed by atoms with Gasteiger partial charge in [0, 0.05) is 30.9 Å². The van der Waals surface area contributed by atoms with Crippen LogP contribution in [0.1, 0.15) is 44.7 Å². The highest BCUT2D eigenvalue weighted by Gasteiger charge is 2.22. The molecule has 2 rings (SSSR count). The van der Waals surface area contributed by atoms with Gasteiger partial charge in [0.15, 0.2) is 0 Å². The molecule has 0 aromatic heterocycles. The van der Waals surface area contributed by atoms with Crippen LogP contribution in [0, 0.1) is 6.92 Å². The fourth-order valence-electron chi connectivity index (χ4n) is 3.25.